The number of allylic oxidation sites excluding steroid dienone is 2. The smallest absolute Gasteiger partial charge is 0.245 e. The van der Waals surface area contributed by atoms with Crippen LogP contribution in [-0.2, 0) is 11.2 Å². The molecule has 1 saturated heterocycles. The van der Waals surface area contributed by atoms with Gasteiger partial charge in [-0.2, -0.15) is 5.10 Å². The first-order valence-corrected chi connectivity index (χ1v) is 12.9. The highest BCUT2D eigenvalue weighted by molar-refractivity contribution is 6.07. The van der Waals surface area contributed by atoms with Crippen molar-refractivity contribution in [2.75, 3.05) is 39.5 Å². The van der Waals surface area contributed by atoms with Gasteiger partial charge in [-0.05, 0) is 61.6 Å². The Morgan fingerprint density at radius 2 is 1.95 bits per heavy atom. The summed E-state index contributed by atoms with van der Waals surface area (Å²) in [7, 11) is 0. The molecule has 1 aliphatic heterocycles. The van der Waals surface area contributed by atoms with Crippen molar-refractivity contribution in [3.63, 3.8) is 0 Å². The quantitative estimate of drug-likeness (QED) is 0.421. The molecule has 2 aromatic heterocycles. The molecule has 0 amide bonds. The molecular formula is C29H35F2N3O3. The molecule has 1 fully saturated rings. The number of ether oxygens (including phenoxy) is 2. The number of aromatic nitrogens is 2. The van der Waals surface area contributed by atoms with Crippen molar-refractivity contribution in [2.24, 2.45) is 0 Å². The number of hydrogen-bond acceptors (Lipinski definition) is 5. The molecule has 2 aliphatic rings. The predicted octanol–water partition coefficient (Wildman–Crippen LogP) is 5.76. The average Bonchev–Trinajstić information content (AvgIpc) is 3.20. The fraction of sp³-hybridized carbons (Fsp3) is 0.448. The first-order chi connectivity index (χ1) is 17.7. The van der Waals surface area contributed by atoms with E-state index in [1.54, 1.807) is 6.08 Å². The highest BCUT2D eigenvalue weighted by Gasteiger charge is 2.18. The van der Waals surface area contributed by atoms with Gasteiger partial charge in [0.1, 0.15) is 12.4 Å². The van der Waals surface area contributed by atoms with Crippen molar-refractivity contribution in [2.45, 2.75) is 46.0 Å². The van der Waals surface area contributed by atoms with Crippen LogP contribution in [0.5, 0.6) is 5.75 Å². The summed E-state index contributed by atoms with van der Waals surface area (Å²) in [6.45, 7) is 9.46. The van der Waals surface area contributed by atoms with E-state index in [2.05, 4.69) is 28.2 Å². The second-order valence-electron chi connectivity index (χ2n) is 9.61. The average molecular weight is 512 g/mol. The number of alkyl halides is 2. The molecule has 3 heterocycles. The molecule has 1 aliphatic carbocycles. The first-order valence-electron chi connectivity index (χ1n) is 12.9. The molecule has 5 rings (SSSR count). The maximum Gasteiger partial charge on any atom is 0.245 e. The minimum absolute atomic E-state index is 0.0625. The minimum atomic E-state index is -2.46. The molecule has 0 radical (unpaired) electrons. The zero-order chi connectivity index (χ0) is 26.4. The first kappa shape index (κ1) is 26.9. The summed E-state index contributed by atoms with van der Waals surface area (Å²) >= 11 is 0. The van der Waals surface area contributed by atoms with E-state index < -0.39 is 5.92 Å². The van der Waals surface area contributed by atoms with Gasteiger partial charge < -0.3 is 9.47 Å². The van der Waals surface area contributed by atoms with Gasteiger partial charge >= 0.3 is 0 Å². The van der Waals surface area contributed by atoms with Crippen molar-refractivity contribution < 1.29 is 23.0 Å². The Kier molecular flexibility index (Phi) is 8.71. The zero-order valence-electron chi connectivity index (χ0n) is 21.8. The van der Waals surface area contributed by atoms with Gasteiger partial charge in [0.25, 0.3) is 0 Å². The van der Waals surface area contributed by atoms with Crippen LogP contribution < -0.4 is 4.74 Å². The van der Waals surface area contributed by atoms with Gasteiger partial charge in [-0.15, -0.1) is 0 Å². The lowest BCUT2D eigenvalue weighted by molar-refractivity contribution is 0.0181. The SMILES string of the molecule is CCC(C)(F)F.Cc1cc(-c2cnn3cc(OCCN4CCOCC4)ccc23)cc2c1C(=O)C=CCC2. The Hall–Kier alpha value is -3.10. The number of carbonyl (C=O) groups is 1. The Bertz CT molecular complexity index is 1260. The van der Waals surface area contributed by atoms with Crippen LogP contribution in [0.1, 0.15) is 48.2 Å². The van der Waals surface area contributed by atoms with E-state index >= 15 is 0 Å². The lowest BCUT2D eigenvalue weighted by atomic mass is 9.92. The standard InChI is InChI=1S/C25H27N3O3.C4H8F2/c1-18-14-20(15-19-4-2-3-5-24(29)25(18)19)22-16-26-28-17-21(6-7-23(22)28)31-13-10-27-8-11-30-12-9-27;1-3-4(2,5)6/h3,5-7,14-17H,2,4,8-13H2,1H3;3H2,1-2H3. The number of morpholine rings is 1. The molecule has 1 aromatic carbocycles. The molecular weight excluding hydrogens is 476 g/mol. The normalized spacial score (nSPS) is 16.2. The van der Waals surface area contributed by atoms with Crippen LogP contribution in [-0.4, -0.2) is 65.7 Å². The van der Waals surface area contributed by atoms with E-state index in [1.165, 1.54) is 6.92 Å². The fourth-order valence-electron chi connectivity index (χ4n) is 4.47. The van der Waals surface area contributed by atoms with Crippen molar-refractivity contribution in [3.8, 4) is 16.9 Å². The van der Waals surface area contributed by atoms with Crippen LogP contribution in [0.4, 0.5) is 8.78 Å². The van der Waals surface area contributed by atoms with E-state index in [1.807, 2.05) is 36.0 Å². The number of carbonyl (C=O) groups excluding carboxylic acids is 1. The van der Waals surface area contributed by atoms with Crippen molar-refractivity contribution >= 4 is 11.3 Å². The summed E-state index contributed by atoms with van der Waals surface area (Å²) in [5.41, 5.74) is 6.18. The number of hydrogen-bond donors (Lipinski definition) is 0. The largest absolute Gasteiger partial charge is 0.491 e. The van der Waals surface area contributed by atoms with Crippen molar-refractivity contribution in [1.29, 1.82) is 0 Å². The van der Waals surface area contributed by atoms with Gasteiger partial charge in [-0.3, -0.25) is 9.69 Å². The van der Waals surface area contributed by atoms with Crippen LogP contribution in [0, 0.1) is 6.92 Å². The summed E-state index contributed by atoms with van der Waals surface area (Å²) in [6.07, 6.45) is 9.21. The van der Waals surface area contributed by atoms with Crippen molar-refractivity contribution in [1.82, 2.24) is 14.5 Å². The third kappa shape index (κ3) is 7.02. The van der Waals surface area contributed by atoms with E-state index in [4.69, 9.17) is 9.47 Å². The highest BCUT2D eigenvalue weighted by atomic mass is 19.3. The minimum Gasteiger partial charge on any atom is -0.491 e. The third-order valence-electron chi connectivity index (χ3n) is 6.71. The summed E-state index contributed by atoms with van der Waals surface area (Å²) in [6, 6.07) is 8.31. The number of ketones is 1. The summed E-state index contributed by atoms with van der Waals surface area (Å²) in [5.74, 6) is -1.54. The maximum atomic E-state index is 12.4. The van der Waals surface area contributed by atoms with Crippen LogP contribution in [0.25, 0.3) is 16.6 Å². The molecule has 3 aromatic rings. The topological polar surface area (TPSA) is 56.1 Å². The number of nitrogens with zero attached hydrogens (tertiary/aromatic N) is 3. The van der Waals surface area contributed by atoms with E-state index in [-0.39, 0.29) is 12.2 Å². The number of halogens is 2. The van der Waals surface area contributed by atoms with Gasteiger partial charge in [0.05, 0.1) is 31.1 Å². The van der Waals surface area contributed by atoms with Gasteiger partial charge in [-0.1, -0.05) is 25.1 Å². The van der Waals surface area contributed by atoms with E-state index in [0.717, 1.165) is 91.7 Å². The van der Waals surface area contributed by atoms with Gasteiger partial charge in [-0.25, -0.2) is 13.3 Å². The molecule has 0 spiro atoms. The molecule has 37 heavy (non-hydrogen) atoms. The second kappa shape index (κ2) is 12.0. The monoisotopic (exact) mass is 511 g/mol. The Labute approximate surface area is 216 Å². The summed E-state index contributed by atoms with van der Waals surface area (Å²) in [4.78, 5) is 14.8. The van der Waals surface area contributed by atoms with Gasteiger partial charge in [0, 0.05) is 37.2 Å². The Morgan fingerprint density at radius 1 is 1.19 bits per heavy atom. The number of pyridine rings is 1. The molecule has 8 heteroatoms. The second-order valence-corrected chi connectivity index (χ2v) is 9.61. The molecule has 198 valence electrons. The van der Waals surface area contributed by atoms with E-state index in [9.17, 15) is 13.6 Å². The molecule has 0 unspecified atom stereocenters. The highest BCUT2D eigenvalue weighted by Crippen LogP contribution is 2.31. The Balaban J connectivity index is 0.000000480. The zero-order valence-corrected chi connectivity index (χ0v) is 21.8. The van der Waals surface area contributed by atoms with Crippen LogP contribution >= 0.6 is 0 Å². The number of benzene rings is 1. The van der Waals surface area contributed by atoms with Crippen LogP contribution in [0.15, 0.2) is 48.8 Å². The van der Waals surface area contributed by atoms with Gasteiger partial charge in [0.15, 0.2) is 5.78 Å². The van der Waals surface area contributed by atoms with Crippen molar-refractivity contribution in [3.05, 3.63) is 65.5 Å². The summed E-state index contributed by atoms with van der Waals surface area (Å²) < 4.78 is 36.1. The lowest BCUT2D eigenvalue weighted by Crippen LogP contribution is -2.38. The van der Waals surface area contributed by atoms with E-state index in [0.29, 0.717) is 6.61 Å². The molecule has 0 N–H and O–H groups in total. The molecule has 0 atom stereocenters. The van der Waals surface area contributed by atoms with Crippen LogP contribution in [0.2, 0.25) is 0 Å². The predicted molar refractivity (Wildman–Crippen MR) is 141 cm³/mol. The molecule has 0 bridgehead atoms. The number of fused-ring (bicyclic) bond motifs is 2. The Morgan fingerprint density at radius 3 is 2.68 bits per heavy atom. The maximum absolute atomic E-state index is 12.4. The molecule has 0 saturated carbocycles. The number of aryl methyl sites for hydroxylation is 2. The summed E-state index contributed by atoms with van der Waals surface area (Å²) in [5, 5.41) is 4.56. The third-order valence-corrected chi connectivity index (χ3v) is 6.71. The fourth-order valence-corrected chi connectivity index (χ4v) is 4.47. The van der Waals surface area contributed by atoms with Crippen LogP contribution in [0.3, 0.4) is 0 Å². The van der Waals surface area contributed by atoms with Gasteiger partial charge in [0.2, 0.25) is 5.92 Å². The molecule has 6 nitrogen and oxygen atoms in total. The number of rotatable bonds is 6. The lowest BCUT2D eigenvalue weighted by Gasteiger charge is -2.26.